The van der Waals surface area contributed by atoms with Crippen molar-refractivity contribution >= 4 is 17.5 Å². The molecule has 0 bridgehead atoms. The number of aromatic amines is 1. The molecule has 0 aliphatic heterocycles. The molecule has 2 aromatic rings. The lowest BCUT2D eigenvalue weighted by Crippen LogP contribution is -2.13. The van der Waals surface area contributed by atoms with Crippen molar-refractivity contribution in [2.24, 2.45) is 0 Å². The zero-order chi connectivity index (χ0) is 15.4. The predicted octanol–water partition coefficient (Wildman–Crippen LogP) is 3.85. The molecule has 1 N–H and O–H groups in total. The number of ketones is 1. The maximum absolute atomic E-state index is 12.4. The van der Waals surface area contributed by atoms with Gasteiger partial charge in [0.25, 0.3) is 0 Å². The fraction of sp³-hybridized carbons (Fsp3) is 0.438. The molecule has 0 amide bonds. The summed E-state index contributed by atoms with van der Waals surface area (Å²) in [4.78, 5) is 16.8. The van der Waals surface area contributed by atoms with Gasteiger partial charge in [-0.15, -0.1) is 5.10 Å². The quantitative estimate of drug-likeness (QED) is 0.650. The summed E-state index contributed by atoms with van der Waals surface area (Å²) in [6, 6.07) is 7.81. The molecule has 21 heavy (non-hydrogen) atoms. The van der Waals surface area contributed by atoms with E-state index in [1.807, 2.05) is 31.2 Å². The highest BCUT2D eigenvalue weighted by atomic mass is 32.2. The number of nitrogens with one attached hydrogen (secondary N) is 1. The second-order valence-corrected chi connectivity index (χ2v) is 6.64. The van der Waals surface area contributed by atoms with Gasteiger partial charge in [-0.2, -0.15) is 0 Å². The molecular weight excluding hydrogens is 282 g/mol. The molecule has 1 aromatic heterocycles. The number of carbonyl (C=O) groups is 1. The summed E-state index contributed by atoms with van der Waals surface area (Å²) >= 11 is 1.39. The Morgan fingerprint density at radius 2 is 1.90 bits per heavy atom. The van der Waals surface area contributed by atoms with Crippen LogP contribution in [-0.4, -0.2) is 26.2 Å². The van der Waals surface area contributed by atoms with E-state index in [1.54, 1.807) is 0 Å². The Kier molecular flexibility index (Phi) is 5.17. The molecular formula is C16H21N3OS. The van der Waals surface area contributed by atoms with Crippen LogP contribution in [-0.2, 0) is 6.42 Å². The van der Waals surface area contributed by atoms with E-state index in [0.29, 0.717) is 11.1 Å². The van der Waals surface area contributed by atoms with Gasteiger partial charge in [0.2, 0.25) is 5.16 Å². The summed E-state index contributed by atoms with van der Waals surface area (Å²) in [7, 11) is 0. The molecule has 0 aliphatic carbocycles. The average Bonchev–Trinajstić information content (AvgIpc) is 2.95. The normalized spacial score (nSPS) is 12.6. The second-order valence-electron chi connectivity index (χ2n) is 5.33. The van der Waals surface area contributed by atoms with Crippen LogP contribution in [0.3, 0.4) is 0 Å². The minimum absolute atomic E-state index is 0.110. The number of benzene rings is 1. The van der Waals surface area contributed by atoms with Gasteiger partial charge in [0, 0.05) is 11.5 Å². The third-order valence-electron chi connectivity index (χ3n) is 3.33. The molecule has 1 aromatic carbocycles. The Hall–Kier alpha value is -1.62. The molecule has 1 heterocycles. The highest BCUT2D eigenvalue weighted by Gasteiger charge is 2.19. The summed E-state index contributed by atoms with van der Waals surface area (Å²) in [6.07, 6.45) is 0.980. The van der Waals surface area contributed by atoms with Gasteiger partial charge in [0.05, 0.1) is 5.25 Å². The van der Waals surface area contributed by atoms with Crippen molar-refractivity contribution in [3.63, 3.8) is 0 Å². The Morgan fingerprint density at radius 1 is 1.24 bits per heavy atom. The first-order valence-electron chi connectivity index (χ1n) is 7.23. The van der Waals surface area contributed by atoms with E-state index in [1.165, 1.54) is 17.3 Å². The fourth-order valence-corrected chi connectivity index (χ4v) is 2.73. The minimum atomic E-state index is -0.201. The van der Waals surface area contributed by atoms with E-state index >= 15 is 0 Å². The van der Waals surface area contributed by atoms with Crippen molar-refractivity contribution in [3.8, 4) is 0 Å². The van der Waals surface area contributed by atoms with Gasteiger partial charge in [-0.3, -0.25) is 9.89 Å². The molecule has 1 atom stereocenters. The van der Waals surface area contributed by atoms with Crippen LogP contribution in [0.2, 0.25) is 0 Å². The van der Waals surface area contributed by atoms with E-state index in [2.05, 4.69) is 36.0 Å². The zero-order valence-corrected chi connectivity index (χ0v) is 13.7. The van der Waals surface area contributed by atoms with Crippen LogP contribution in [0.1, 0.15) is 55.4 Å². The Labute approximate surface area is 129 Å². The first kappa shape index (κ1) is 15.8. The zero-order valence-electron chi connectivity index (χ0n) is 12.9. The molecule has 112 valence electrons. The van der Waals surface area contributed by atoms with Crippen LogP contribution >= 0.6 is 11.8 Å². The molecule has 0 saturated carbocycles. The number of carbonyl (C=O) groups excluding carboxylic acids is 1. The highest BCUT2D eigenvalue weighted by Crippen LogP contribution is 2.23. The molecule has 0 spiro atoms. The van der Waals surface area contributed by atoms with Crippen molar-refractivity contribution in [2.45, 2.75) is 50.4 Å². The number of aryl methyl sites for hydroxylation is 1. The Morgan fingerprint density at radius 3 is 2.43 bits per heavy atom. The fourth-order valence-electron chi connectivity index (χ4n) is 1.92. The van der Waals surface area contributed by atoms with E-state index in [-0.39, 0.29) is 11.0 Å². The number of rotatable bonds is 6. The average molecular weight is 303 g/mol. The van der Waals surface area contributed by atoms with Crippen LogP contribution in [0.15, 0.2) is 29.4 Å². The van der Waals surface area contributed by atoms with E-state index in [4.69, 9.17) is 0 Å². The first-order chi connectivity index (χ1) is 10.0. The number of hydrogen-bond donors (Lipinski definition) is 1. The van der Waals surface area contributed by atoms with Crippen molar-refractivity contribution < 1.29 is 4.79 Å². The van der Waals surface area contributed by atoms with Crippen LogP contribution in [0, 0.1) is 0 Å². The number of hydrogen-bond acceptors (Lipinski definition) is 4. The predicted molar refractivity (Wildman–Crippen MR) is 85.9 cm³/mol. The van der Waals surface area contributed by atoms with Crippen molar-refractivity contribution in [1.29, 1.82) is 0 Å². The third kappa shape index (κ3) is 3.94. The van der Waals surface area contributed by atoms with Crippen molar-refractivity contribution in [3.05, 3.63) is 41.2 Å². The smallest absolute Gasteiger partial charge is 0.209 e. The minimum Gasteiger partial charge on any atom is -0.293 e. The van der Waals surface area contributed by atoms with E-state index in [9.17, 15) is 4.79 Å². The molecule has 0 fully saturated rings. The summed E-state index contributed by atoms with van der Waals surface area (Å²) in [5, 5.41) is 7.50. The SMILES string of the molecule is CCc1ccc(C(=O)[C@@H](C)Sc2n[nH]c(C(C)C)n2)cc1. The molecule has 0 radical (unpaired) electrons. The second kappa shape index (κ2) is 6.89. The van der Waals surface area contributed by atoms with E-state index < -0.39 is 0 Å². The van der Waals surface area contributed by atoms with Gasteiger partial charge in [0.15, 0.2) is 5.78 Å². The standard InChI is InChI=1S/C16H21N3OS/c1-5-12-6-8-13(9-7-12)14(20)11(4)21-16-17-15(10(2)3)18-19-16/h6-11H,5H2,1-4H3,(H,17,18,19)/t11-/m1/s1. The lowest BCUT2D eigenvalue weighted by atomic mass is 10.1. The topological polar surface area (TPSA) is 58.6 Å². The monoisotopic (exact) mass is 303 g/mol. The Bertz CT molecular complexity index is 604. The van der Waals surface area contributed by atoms with Crippen molar-refractivity contribution in [2.75, 3.05) is 0 Å². The van der Waals surface area contributed by atoms with Crippen LogP contribution in [0.5, 0.6) is 0 Å². The van der Waals surface area contributed by atoms with Gasteiger partial charge in [-0.1, -0.05) is 56.8 Å². The number of aromatic nitrogens is 3. The summed E-state index contributed by atoms with van der Waals surface area (Å²) in [5.41, 5.74) is 1.98. The number of H-pyrrole nitrogens is 1. The number of Topliss-reactive ketones (excluding diaryl/α,β-unsaturated/α-hetero) is 1. The first-order valence-corrected chi connectivity index (χ1v) is 8.11. The number of nitrogens with zero attached hydrogens (tertiary/aromatic N) is 2. The molecule has 4 nitrogen and oxygen atoms in total. The molecule has 0 saturated heterocycles. The highest BCUT2D eigenvalue weighted by molar-refractivity contribution is 8.00. The molecule has 2 rings (SSSR count). The van der Waals surface area contributed by atoms with Gasteiger partial charge in [0.1, 0.15) is 5.82 Å². The lowest BCUT2D eigenvalue weighted by molar-refractivity contribution is 0.0994. The van der Waals surface area contributed by atoms with Crippen LogP contribution in [0.4, 0.5) is 0 Å². The van der Waals surface area contributed by atoms with Crippen LogP contribution in [0.25, 0.3) is 0 Å². The summed E-state index contributed by atoms with van der Waals surface area (Å²) < 4.78 is 0. The molecule has 5 heteroatoms. The van der Waals surface area contributed by atoms with Crippen molar-refractivity contribution in [1.82, 2.24) is 15.2 Å². The number of thioether (sulfide) groups is 1. The Balaban J connectivity index is 2.04. The summed E-state index contributed by atoms with van der Waals surface area (Å²) in [5.74, 6) is 1.27. The van der Waals surface area contributed by atoms with Gasteiger partial charge in [-0.05, 0) is 18.9 Å². The summed E-state index contributed by atoms with van der Waals surface area (Å²) in [6.45, 7) is 8.11. The maximum Gasteiger partial charge on any atom is 0.209 e. The third-order valence-corrected chi connectivity index (χ3v) is 4.29. The van der Waals surface area contributed by atoms with Gasteiger partial charge in [-0.25, -0.2) is 4.98 Å². The van der Waals surface area contributed by atoms with Gasteiger partial charge < -0.3 is 0 Å². The largest absolute Gasteiger partial charge is 0.293 e. The maximum atomic E-state index is 12.4. The molecule has 0 aliphatic rings. The van der Waals surface area contributed by atoms with Crippen LogP contribution < -0.4 is 0 Å². The lowest BCUT2D eigenvalue weighted by Gasteiger charge is -2.08. The van der Waals surface area contributed by atoms with E-state index in [0.717, 1.165) is 17.8 Å². The van der Waals surface area contributed by atoms with Gasteiger partial charge >= 0.3 is 0 Å². The molecule has 0 unspecified atom stereocenters.